The summed E-state index contributed by atoms with van der Waals surface area (Å²) in [4.78, 5) is 0.116. The van der Waals surface area contributed by atoms with Gasteiger partial charge in [-0.2, -0.15) is 0 Å². The Labute approximate surface area is 115 Å². The van der Waals surface area contributed by atoms with E-state index in [0.717, 1.165) is 32.1 Å². The molecular formula is C14H23NO3S. The van der Waals surface area contributed by atoms with E-state index in [1.54, 1.807) is 0 Å². The van der Waals surface area contributed by atoms with Gasteiger partial charge >= 0.3 is 0 Å². The molecule has 2 N–H and O–H groups in total. The van der Waals surface area contributed by atoms with E-state index in [1.807, 2.05) is 6.92 Å². The van der Waals surface area contributed by atoms with E-state index >= 15 is 0 Å². The fraction of sp³-hybridized carbons (Fsp3) is 0.571. The standard InChI is InChI=1S/C14H23NO3S/c1-3-5-8-12(7-4-2)15-19(17,18)14-10-6-9-13(16)11-14/h6,9-12,15-16H,3-5,7-8H2,1-2H3. The van der Waals surface area contributed by atoms with Crippen molar-refractivity contribution >= 4 is 10.0 Å². The van der Waals surface area contributed by atoms with Crippen LogP contribution in [-0.2, 0) is 10.0 Å². The summed E-state index contributed by atoms with van der Waals surface area (Å²) < 4.78 is 27.2. The SMILES string of the molecule is CCCCC(CCC)NS(=O)(=O)c1cccc(O)c1. The van der Waals surface area contributed by atoms with Crippen LogP contribution in [0.4, 0.5) is 0 Å². The van der Waals surface area contributed by atoms with Crippen molar-refractivity contribution in [2.45, 2.75) is 56.9 Å². The van der Waals surface area contributed by atoms with Crippen LogP contribution in [0.1, 0.15) is 46.0 Å². The molecule has 1 aromatic carbocycles. The Morgan fingerprint density at radius 1 is 1.21 bits per heavy atom. The van der Waals surface area contributed by atoms with Crippen molar-refractivity contribution in [3.8, 4) is 5.75 Å². The van der Waals surface area contributed by atoms with Crippen LogP contribution in [0.5, 0.6) is 5.75 Å². The number of hydrogen-bond donors (Lipinski definition) is 2. The molecule has 0 fully saturated rings. The van der Waals surface area contributed by atoms with Crippen molar-refractivity contribution in [2.75, 3.05) is 0 Å². The predicted molar refractivity (Wildman–Crippen MR) is 76.6 cm³/mol. The third-order valence-electron chi connectivity index (χ3n) is 2.99. The lowest BCUT2D eigenvalue weighted by Gasteiger charge is -2.18. The first-order valence-electron chi connectivity index (χ1n) is 6.81. The van der Waals surface area contributed by atoms with E-state index in [1.165, 1.54) is 24.3 Å². The Hall–Kier alpha value is -1.07. The lowest BCUT2D eigenvalue weighted by Crippen LogP contribution is -2.34. The molecule has 0 saturated heterocycles. The van der Waals surface area contributed by atoms with Gasteiger partial charge in [-0.15, -0.1) is 0 Å². The number of phenolic OH excluding ortho intramolecular Hbond substituents is 1. The van der Waals surface area contributed by atoms with Gasteiger partial charge in [-0.1, -0.05) is 39.2 Å². The lowest BCUT2D eigenvalue weighted by molar-refractivity contribution is 0.470. The molecule has 0 radical (unpaired) electrons. The zero-order valence-electron chi connectivity index (χ0n) is 11.6. The zero-order valence-corrected chi connectivity index (χ0v) is 12.4. The second kappa shape index (κ2) is 7.50. The average Bonchev–Trinajstić information content (AvgIpc) is 2.36. The van der Waals surface area contributed by atoms with Crippen molar-refractivity contribution in [3.05, 3.63) is 24.3 Å². The Kier molecular flexibility index (Phi) is 6.31. The first kappa shape index (κ1) is 16.0. The van der Waals surface area contributed by atoms with Crippen molar-refractivity contribution in [1.82, 2.24) is 4.72 Å². The van der Waals surface area contributed by atoms with Gasteiger partial charge < -0.3 is 5.11 Å². The highest BCUT2D eigenvalue weighted by Gasteiger charge is 2.19. The number of rotatable bonds is 8. The quantitative estimate of drug-likeness (QED) is 0.771. The Balaban J connectivity index is 2.81. The fourth-order valence-electron chi connectivity index (χ4n) is 2.00. The van der Waals surface area contributed by atoms with Crippen LogP contribution in [0.15, 0.2) is 29.2 Å². The molecule has 1 rings (SSSR count). The maximum atomic E-state index is 12.2. The maximum Gasteiger partial charge on any atom is 0.240 e. The van der Waals surface area contributed by atoms with Gasteiger partial charge in [-0.3, -0.25) is 0 Å². The normalized spacial score (nSPS) is 13.4. The summed E-state index contributed by atoms with van der Waals surface area (Å²) in [6.45, 7) is 4.13. The van der Waals surface area contributed by atoms with E-state index in [2.05, 4.69) is 11.6 Å². The molecule has 19 heavy (non-hydrogen) atoms. The molecule has 0 bridgehead atoms. The van der Waals surface area contributed by atoms with Crippen LogP contribution < -0.4 is 4.72 Å². The summed E-state index contributed by atoms with van der Waals surface area (Å²) in [5, 5.41) is 9.36. The first-order valence-corrected chi connectivity index (χ1v) is 8.29. The molecular weight excluding hydrogens is 262 g/mol. The van der Waals surface area contributed by atoms with Gasteiger partial charge in [0.05, 0.1) is 4.90 Å². The maximum absolute atomic E-state index is 12.2. The molecule has 1 atom stereocenters. The smallest absolute Gasteiger partial charge is 0.240 e. The average molecular weight is 285 g/mol. The van der Waals surface area contributed by atoms with Crippen LogP contribution in [0.25, 0.3) is 0 Å². The molecule has 0 spiro atoms. The second-order valence-corrected chi connectivity index (χ2v) is 6.46. The third kappa shape index (κ3) is 5.20. The van der Waals surface area contributed by atoms with Gasteiger partial charge in [0, 0.05) is 6.04 Å². The summed E-state index contributed by atoms with van der Waals surface area (Å²) in [7, 11) is -3.54. The lowest BCUT2D eigenvalue weighted by atomic mass is 10.1. The van der Waals surface area contributed by atoms with Crippen LogP contribution in [-0.4, -0.2) is 19.6 Å². The number of hydrogen-bond acceptors (Lipinski definition) is 3. The van der Waals surface area contributed by atoms with Gasteiger partial charge in [-0.05, 0) is 31.0 Å². The first-order chi connectivity index (χ1) is 8.99. The van der Waals surface area contributed by atoms with Gasteiger partial charge in [0.2, 0.25) is 10.0 Å². The van der Waals surface area contributed by atoms with Crippen molar-refractivity contribution < 1.29 is 13.5 Å². The molecule has 0 saturated carbocycles. The molecule has 1 unspecified atom stereocenters. The van der Waals surface area contributed by atoms with E-state index in [0.29, 0.717) is 0 Å². The number of unbranched alkanes of at least 4 members (excludes halogenated alkanes) is 1. The van der Waals surface area contributed by atoms with Crippen molar-refractivity contribution in [1.29, 1.82) is 0 Å². The van der Waals surface area contributed by atoms with Crippen LogP contribution in [0.3, 0.4) is 0 Å². The van der Waals surface area contributed by atoms with Gasteiger partial charge in [0.25, 0.3) is 0 Å². The summed E-state index contributed by atoms with van der Waals surface area (Å²) in [6.07, 6.45) is 4.68. The molecule has 0 amide bonds. The van der Waals surface area contributed by atoms with E-state index in [4.69, 9.17) is 0 Å². The minimum absolute atomic E-state index is 0.0303. The Bertz CT molecular complexity index is 485. The van der Waals surface area contributed by atoms with Gasteiger partial charge in [0.1, 0.15) is 5.75 Å². The molecule has 0 aliphatic rings. The number of nitrogens with one attached hydrogen (secondary N) is 1. The number of aromatic hydroxyl groups is 1. The zero-order chi connectivity index (χ0) is 14.3. The van der Waals surface area contributed by atoms with Crippen LogP contribution in [0.2, 0.25) is 0 Å². The molecule has 108 valence electrons. The molecule has 0 aliphatic carbocycles. The minimum Gasteiger partial charge on any atom is -0.508 e. The summed E-state index contributed by atoms with van der Waals surface area (Å²) in [6, 6.07) is 5.72. The molecule has 0 heterocycles. The van der Waals surface area contributed by atoms with Gasteiger partial charge in [-0.25, -0.2) is 13.1 Å². The van der Waals surface area contributed by atoms with E-state index in [-0.39, 0.29) is 16.7 Å². The fourth-order valence-corrected chi connectivity index (χ4v) is 3.34. The van der Waals surface area contributed by atoms with Gasteiger partial charge in [0.15, 0.2) is 0 Å². The molecule has 4 nitrogen and oxygen atoms in total. The Morgan fingerprint density at radius 3 is 2.53 bits per heavy atom. The van der Waals surface area contributed by atoms with Crippen LogP contribution >= 0.6 is 0 Å². The highest BCUT2D eigenvalue weighted by atomic mass is 32.2. The number of benzene rings is 1. The monoisotopic (exact) mass is 285 g/mol. The number of sulfonamides is 1. The van der Waals surface area contributed by atoms with Crippen LogP contribution in [0, 0.1) is 0 Å². The molecule has 1 aromatic rings. The largest absolute Gasteiger partial charge is 0.508 e. The summed E-state index contributed by atoms with van der Waals surface area (Å²) in [5.41, 5.74) is 0. The topological polar surface area (TPSA) is 66.4 Å². The summed E-state index contributed by atoms with van der Waals surface area (Å²) in [5.74, 6) is -0.0384. The highest BCUT2D eigenvalue weighted by molar-refractivity contribution is 7.89. The number of phenols is 1. The second-order valence-electron chi connectivity index (χ2n) is 4.75. The van der Waals surface area contributed by atoms with E-state index < -0.39 is 10.0 Å². The molecule has 0 aromatic heterocycles. The minimum atomic E-state index is -3.54. The Morgan fingerprint density at radius 2 is 1.95 bits per heavy atom. The summed E-state index contributed by atoms with van der Waals surface area (Å²) >= 11 is 0. The molecule has 5 heteroatoms. The van der Waals surface area contributed by atoms with Crippen molar-refractivity contribution in [3.63, 3.8) is 0 Å². The highest BCUT2D eigenvalue weighted by Crippen LogP contribution is 2.17. The molecule has 0 aliphatic heterocycles. The van der Waals surface area contributed by atoms with Crippen molar-refractivity contribution in [2.24, 2.45) is 0 Å². The van der Waals surface area contributed by atoms with E-state index in [9.17, 15) is 13.5 Å². The predicted octanol–water partition coefficient (Wildman–Crippen LogP) is 3.03. The third-order valence-corrected chi connectivity index (χ3v) is 4.51.